The Morgan fingerprint density at radius 1 is 1.08 bits per heavy atom. The standard InChI is InChI=1S/C27H23N3O7/c1-3-36-27(33)24-17(2)28-23(16-21(31)18-8-5-4-6-9-18)29(26(32)22-10-7-15-37-22)25(24)19-11-13-20(14-12-19)30(34)35/h4-16,25,28H,3H2,1-2H3/b23-16+. The Balaban J connectivity index is 1.92. The van der Waals surface area contributed by atoms with Crippen LogP contribution in [0.4, 0.5) is 5.69 Å². The van der Waals surface area contributed by atoms with Gasteiger partial charge in [0.25, 0.3) is 11.6 Å². The maximum Gasteiger partial charge on any atom is 0.338 e. The molecule has 4 rings (SSSR count). The van der Waals surface area contributed by atoms with E-state index < -0.39 is 22.8 Å². The Hall–Kier alpha value is -4.99. The van der Waals surface area contributed by atoms with Crippen molar-refractivity contribution in [3.05, 3.63) is 123 Å². The van der Waals surface area contributed by atoms with Gasteiger partial charge in [0.15, 0.2) is 11.5 Å². The van der Waals surface area contributed by atoms with Crippen molar-refractivity contribution in [3.63, 3.8) is 0 Å². The van der Waals surface area contributed by atoms with Gasteiger partial charge in [0.1, 0.15) is 5.82 Å². The molecule has 1 aliphatic rings. The third kappa shape index (κ3) is 5.18. The summed E-state index contributed by atoms with van der Waals surface area (Å²) >= 11 is 0. The molecule has 0 fully saturated rings. The molecular weight excluding hydrogens is 478 g/mol. The number of esters is 1. The molecule has 37 heavy (non-hydrogen) atoms. The lowest BCUT2D eigenvalue weighted by atomic mass is 9.92. The van der Waals surface area contributed by atoms with Crippen molar-refractivity contribution in [2.75, 3.05) is 6.61 Å². The van der Waals surface area contributed by atoms with E-state index in [1.165, 1.54) is 53.6 Å². The Kier molecular flexibility index (Phi) is 7.28. The van der Waals surface area contributed by atoms with Gasteiger partial charge in [-0.15, -0.1) is 0 Å². The van der Waals surface area contributed by atoms with Crippen molar-refractivity contribution in [2.24, 2.45) is 0 Å². The molecule has 1 N–H and O–H groups in total. The van der Waals surface area contributed by atoms with Gasteiger partial charge in [-0.2, -0.15) is 0 Å². The van der Waals surface area contributed by atoms with Crippen LogP contribution in [0.1, 0.15) is 46.4 Å². The van der Waals surface area contributed by atoms with E-state index in [-0.39, 0.29) is 35.2 Å². The average molecular weight is 501 g/mol. The van der Waals surface area contributed by atoms with Gasteiger partial charge in [0.05, 0.1) is 29.4 Å². The average Bonchev–Trinajstić information content (AvgIpc) is 3.44. The van der Waals surface area contributed by atoms with Crippen molar-refractivity contribution in [1.82, 2.24) is 10.2 Å². The molecule has 3 aromatic rings. The van der Waals surface area contributed by atoms with E-state index >= 15 is 0 Å². The molecule has 0 saturated heterocycles. The second kappa shape index (κ2) is 10.7. The number of allylic oxidation sites excluding steroid dienone is 2. The van der Waals surface area contributed by atoms with Gasteiger partial charge < -0.3 is 14.5 Å². The van der Waals surface area contributed by atoms with Crippen LogP contribution in [-0.2, 0) is 9.53 Å². The Labute approximate surface area is 212 Å². The van der Waals surface area contributed by atoms with E-state index in [1.807, 2.05) is 0 Å². The summed E-state index contributed by atoms with van der Waals surface area (Å²) in [4.78, 5) is 51.8. The second-order valence-corrected chi connectivity index (χ2v) is 8.05. The molecule has 1 amide bonds. The number of furan rings is 1. The number of amides is 1. The zero-order valence-electron chi connectivity index (χ0n) is 20.0. The third-order valence-corrected chi connectivity index (χ3v) is 5.70. The van der Waals surface area contributed by atoms with Crippen molar-refractivity contribution in [1.29, 1.82) is 0 Å². The molecular formula is C27H23N3O7. The van der Waals surface area contributed by atoms with Gasteiger partial charge >= 0.3 is 5.97 Å². The van der Waals surface area contributed by atoms with Crippen LogP contribution in [0.25, 0.3) is 0 Å². The molecule has 2 heterocycles. The number of nitrogens with one attached hydrogen (secondary N) is 1. The highest BCUT2D eigenvalue weighted by molar-refractivity contribution is 6.06. The van der Waals surface area contributed by atoms with Crippen LogP contribution in [0.5, 0.6) is 0 Å². The van der Waals surface area contributed by atoms with Gasteiger partial charge in [-0.1, -0.05) is 30.3 Å². The number of nitro benzene ring substituents is 1. The van der Waals surface area contributed by atoms with Gasteiger partial charge in [-0.25, -0.2) is 4.79 Å². The third-order valence-electron chi connectivity index (χ3n) is 5.70. The summed E-state index contributed by atoms with van der Waals surface area (Å²) in [6, 6.07) is 15.9. The zero-order valence-corrected chi connectivity index (χ0v) is 20.0. The molecule has 1 atom stereocenters. The minimum atomic E-state index is -1.08. The molecule has 0 saturated carbocycles. The Bertz CT molecular complexity index is 1390. The number of hydrogen-bond acceptors (Lipinski definition) is 8. The number of benzene rings is 2. The monoisotopic (exact) mass is 501 g/mol. The number of hydrogen-bond donors (Lipinski definition) is 1. The summed E-state index contributed by atoms with van der Waals surface area (Å²) in [5.74, 6) is -1.63. The van der Waals surface area contributed by atoms with Crippen molar-refractivity contribution in [2.45, 2.75) is 19.9 Å². The maximum absolute atomic E-state index is 13.7. The van der Waals surface area contributed by atoms with Crippen LogP contribution in [-0.4, -0.2) is 34.1 Å². The van der Waals surface area contributed by atoms with Gasteiger partial charge in [-0.05, 0) is 43.7 Å². The number of ketones is 1. The second-order valence-electron chi connectivity index (χ2n) is 8.05. The molecule has 1 unspecified atom stereocenters. The molecule has 2 aromatic carbocycles. The van der Waals surface area contributed by atoms with Gasteiger partial charge in [0, 0.05) is 29.5 Å². The van der Waals surface area contributed by atoms with Crippen LogP contribution in [0.2, 0.25) is 0 Å². The molecule has 1 aliphatic heterocycles. The van der Waals surface area contributed by atoms with E-state index in [1.54, 1.807) is 44.2 Å². The van der Waals surface area contributed by atoms with E-state index in [4.69, 9.17) is 9.15 Å². The van der Waals surface area contributed by atoms with Crippen LogP contribution in [0, 0.1) is 10.1 Å². The molecule has 0 radical (unpaired) electrons. The van der Waals surface area contributed by atoms with Crippen molar-refractivity contribution >= 4 is 23.3 Å². The predicted molar refractivity (Wildman–Crippen MR) is 132 cm³/mol. The first-order valence-corrected chi connectivity index (χ1v) is 11.4. The lowest BCUT2D eigenvalue weighted by Crippen LogP contribution is -2.46. The molecule has 1 aromatic heterocycles. The largest absolute Gasteiger partial charge is 0.463 e. The summed E-state index contributed by atoms with van der Waals surface area (Å²) in [6.07, 6.45) is 2.59. The first-order valence-electron chi connectivity index (χ1n) is 11.4. The van der Waals surface area contributed by atoms with E-state index in [0.717, 1.165) is 0 Å². The number of nitro groups is 1. The first-order chi connectivity index (χ1) is 17.8. The summed E-state index contributed by atoms with van der Waals surface area (Å²) in [5, 5.41) is 14.2. The van der Waals surface area contributed by atoms with E-state index in [9.17, 15) is 24.5 Å². The highest BCUT2D eigenvalue weighted by Gasteiger charge is 2.41. The lowest BCUT2D eigenvalue weighted by molar-refractivity contribution is -0.384. The highest BCUT2D eigenvalue weighted by Crippen LogP contribution is 2.39. The highest BCUT2D eigenvalue weighted by atomic mass is 16.6. The minimum absolute atomic E-state index is 0.0328. The van der Waals surface area contributed by atoms with Gasteiger partial charge in [0.2, 0.25) is 0 Å². The van der Waals surface area contributed by atoms with Crippen LogP contribution < -0.4 is 5.32 Å². The number of non-ortho nitro benzene ring substituents is 1. The molecule has 10 nitrogen and oxygen atoms in total. The molecule has 0 spiro atoms. The molecule has 188 valence electrons. The van der Waals surface area contributed by atoms with E-state index in [2.05, 4.69) is 5.32 Å². The van der Waals surface area contributed by atoms with Crippen LogP contribution in [0.15, 0.2) is 101 Å². The normalized spacial score (nSPS) is 16.3. The fourth-order valence-corrected chi connectivity index (χ4v) is 4.02. The fourth-order valence-electron chi connectivity index (χ4n) is 4.02. The number of carbonyl (C=O) groups is 3. The zero-order chi connectivity index (χ0) is 26.5. The molecule has 10 heteroatoms. The minimum Gasteiger partial charge on any atom is -0.463 e. The predicted octanol–water partition coefficient (Wildman–Crippen LogP) is 4.54. The topological polar surface area (TPSA) is 132 Å². The fraction of sp³-hybridized carbons (Fsp3) is 0.148. The lowest BCUT2D eigenvalue weighted by Gasteiger charge is -2.39. The van der Waals surface area contributed by atoms with Crippen molar-refractivity contribution < 1.29 is 28.5 Å². The van der Waals surface area contributed by atoms with E-state index in [0.29, 0.717) is 16.8 Å². The smallest absolute Gasteiger partial charge is 0.338 e. The summed E-state index contributed by atoms with van der Waals surface area (Å²) in [5.41, 5.74) is 1.10. The quantitative estimate of drug-likeness (QED) is 0.164. The summed E-state index contributed by atoms with van der Waals surface area (Å²) in [7, 11) is 0. The van der Waals surface area contributed by atoms with Crippen LogP contribution in [0.3, 0.4) is 0 Å². The summed E-state index contributed by atoms with van der Waals surface area (Å²) in [6.45, 7) is 3.37. The first kappa shape index (κ1) is 25.1. The van der Waals surface area contributed by atoms with Gasteiger partial charge in [-0.3, -0.25) is 24.6 Å². The number of rotatable bonds is 7. The Morgan fingerprint density at radius 2 is 1.78 bits per heavy atom. The maximum atomic E-state index is 13.7. The number of carbonyl (C=O) groups excluding carboxylic acids is 3. The molecule has 0 aliphatic carbocycles. The summed E-state index contributed by atoms with van der Waals surface area (Å²) < 4.78 is 10.6. The number of ether oxygens (including phenoxy) is 1. The Morgan fingerprint density at radius 3 is 2.38 bits per heavy atom. The van der Waals surface area contributed by atoms with Crippen molar-refractivity contribution in [3.8, 4) is 0 Å². The van der Waals surface area contributed by atoms with Crippen LogP contribution >= 0.6 is 0 Å². The SMILES string of the molecule is CCOC(=O)C1=C(C)N/C(=C\C(=O)c2ccccc2)N(C(=O)c2ccco2)C1c1ccc([N+](=O)[O-])cc1. The molecule has 0 bridgehead atoms. The number of nitrogens with zero attached hydrogens (tertiary/aromatic N) is 2.